The van der Waals surface area contributed by atoms with Crippen molar-refractivity contribution in [3.05, 3.63) is 58.1 Å². The lowest BCUT2D eigenvalue weighted by Crippen LogP contribution is -2.36. The van der Waals surface area contributed by atoms with Crippen LogP contribution in [0.1, 0.15) is 10.4 Å². The van der Waals surface area contributed by atoms with E-state index in [0.717, 1.165) is 0 Å². The zero-order valence-electron chi connectivity index (χ0n) is 14.1. The van der Waals surface area contributed by atoms with E-state index >= 15 is 0 Å². The Balaban J connectivity index is 1.70. The number of ether oxygens (including phenoxy) is 2. The van der Waals surface area contributed by atoms with Gasteiger partial charge in [0.25, 0.3) is 11.8 Å². The molecule has 0 aliphatic heterocycles. The van der Waals surface area contributed by atoms with Crippen molar-refractivity contribution < 1.29 is 19.1 Å². The minimum Gasteiger partial charge on any atom is -0.493 e. The number of methoxy groups -OCH3 is 1. The van der Waals surface area contributed by atoms with Crippen molar-refractivity contribution in [3.63, 3.8) is 0 Å². The van der Waals surface area contributed by atoms with E-state index in [1.165, 1.54) is 13.2 Å². The first-order chi connectivity index (χ1) is 12.5. The van der Waals surface area contributed by atoms with Gasteiger partial charge >= 0.3 is 0 Å². The molecule has 0 fully saturated rings. The number of hydrogen-bond acceptors (Lipinski definition) is 4. The Morgan fingerprint density at radius 2 is 1.69 bits per heavy atom. The Hall–Kier alpha value is -2.44. The predicted molar refractivity (Wildman–Crippen MR) is 100 cm³/mol. The number of carbonyl (C=O) groups excluding carboxylic acids is 2. The maximum Gasteiger partial charge on any atom is 0.258 e. The molecule has 0 radical (unpaired) electrons. The summed E-state index contributed by atoms with van der Waals surface area (Å²) in [5.41, 5.74) is 0.321. The number of halogens is 2. The third-order valence-corrected chi connectivity index (χ3v) is 3.88. The zero-order chi connectivity index (χ0) is 18.9. The van der Waals surface area contributed by atoms with Crippen LogP contribution in [-0.2, 0) is 4.79 Å². The molecule has 2 amide bonds. The van der Waals surface area contributed by atoms with Gasteiger partial charge < -0.3 is 20.1 Å². The molecule has 0 heterocycles. The number of carbonyl (C=O) groups is 2. The summed E-state index contributed by atoms with van der Waals surface area (Å²) in [4.78, 5) is 23.8. The molecule has 8 heteroatoms. The summed E-state index contributed by atoms with van der Waals surface area (Å²) >= 11 is 11.8. The molecule has 2 aromatic carbocycles. The molecule has 26 heavy (non-hydrogen) atoms. The van der Waals surface area contributed by atoms with Gasteiger partial charge in [-0.1, -0.05) is 35.3 Å². The summed E-state index contributed by atoms with van der Waals surface area (Å²) in [6.45, 7) is 0.348. The SMILES string of the molecule is COc1ccccc1OCC(=O)NCCNC(=O)c1ccc(Cl)cc1Cl. The van der Waals surface area contributed by atoms with Crippen LogP contribution in [0.4, 0.5) is 0 Å². The minimum absolute atomic E-state index is 0.155. The van der Waals surface area contributed by atoms with Crippen LogP contribution in [0.5, 0.6) is 11.5 Å². The van der Waals surface area contributed by atoms with Crippen LogP contribution in [0.15, 0.2) is 42.5 Å². The molecular weight excluding hydrogens is 379 g/mol. The van der Waals surface area contributed by atoms with Crippen LogP contribution in [0.2, 0.25) is 10.0 Å². The second kappa shape index (κ2) is 9.89. The molecule has 0 bridgehead atoms. The first-order valence-electron chi connectivity index (χ1n) is 7.77. The fraction of sp³-hybridized carbons (Fsp3) is 0.222. The van der Waals surface area contributed by atoms with E-state index in [2.05, 4.69) is 10.6 Å². The van der Waals surface area contributed by atoms with E-state index in [9.17, 15) is 9.59 Å². The van der Waals surface area contributed by atoms with Crippen molar-refractivity contribution >= 4 is 35.0 Å². The standard InChI is InChI=1S/C18H18Cl2N2O4/c1-25-15-4-2-3-5-16(15)26-11-17(23)21-8-9-22-18(24)13-7-6-12(19)10-14(13)20/h2-7,10H,8-9,11H2,1H3,(H,21,23)(H,22,24). The number of nitrogens with one attached hydrogen (secondary N) is 2. The Morgan fingerprint density at radius 1 is 1.00 bits per heavy atom. The highest BCUT2D eigenvalue weighted by molar-refractivity contribution is 6.36. The Kier molecular flexibility index (Phi) is 7.56. The van der Waals surface area contributed by atoms with Crippen LogP contribution in [0.3, 0.4) is 0 Å². The minimum atomic E-state index is -0.341. The van der Waals surface area contributed by atoms with Crippen molar-refractivity contribution in [2.75, 3.05) is 26.8 Å². The number of amides is 2. The van der Waals surface area contributed by atoms with Gasteiger partial charge in [0, 0.05) is 18.1 Å². The highest BCUT2D eigenvalue weighted by Crippen LogP contribution is 2.25. The second-order valence-electron chi connectivity index (χ2n) is 5.17. The van der Waals surface area contributed by atoms with Gasteiger partial charge in [-0.2, -0.15) is 0 Å². The highest BCUT2D eigenvalue weighted by Gasteiger charge is 2.10. The van der Waals surface area contributed by atoms with Gasteiger partial charge in [0.2, 0.25) is 0 Å². The quantitative estimate of drug-likeness (QED) is 0.672. The fourth-order valence-corrected chi connectivity index (χ4v) is 2.57. The smallest absolute Gasteiger partial charge is 0.258 e. The molecule has 0 aliphatic carbocycles. The molecule has 2 N–H and O–H groups in total. The molecular formula is C18H18Cl2N2O4. The summed E-state index contributed by atoms with van der Waals surface area (Å²) in [6.07, 6.45) is 0. The van der Waals surface area contributed by atoms with Gasteiger partial charge in [-0.3, -0.25) is 9.59 Å². The fourth-order valence-electron chi connectivity index (χ4n) is 2.08. The number of rotatable bonds is 8. The van der Waals surface area contributed by atoms with Crippen LogP contribution in [-0.4, -0.2) is 38.6 Å². The van der Waals surface area contributed by atoms with E-state index in [4.69, 9.17) is 32.7 Å². The van der Waals surface area contributed by atoms with Crippen LogP contribution in [0, 0.1) is 0 Å². The van der Waals surface area contributed by atoms with Crippen LogP contribution in [0.25, 0.3) is 0 Å². The Bertz CT molecular complexity index is 784. The maximum atomic E-state index is 12.0. The summed E-state index contributed by atoms with van der Waals surface area (Å²) in [7, 11) is 1.53. The summed E-state index contributed by atoms with van der Waals surface area (Å²) in [5, 5.41) is 6.03. The molecule has 0 aliphatic rings. The van der Waals surface area contributed by atoms with Crippen molar-refractivity contribution in [1.29, 1.82) is 0 Å². The van der Waals surface area contributed by atoms with Crippen molar-refractivity contribution in [2.24, 2.45) is 0 Å². The third-order valence-electron chi connectivity index (χ3n) is 3.34. The average molecular weight is 397 g/mol. The lowest BCUT2D eigenvalue weighted by atomic mass is 10.2. The van der Waals surface area contributed by atoms with E-state index in [1.807, 2.05) is 0 Å². The summed E-state index contributed by atoms with van der Waals surface area (Å²) in [6, 6.07) is 11.7. The van der Waals surface area contributed by atoms with Crippen molar-refractivity contribution in [3.8, 4) is 11.5 Å². The average Bonchev–Trinajstić information content (AvgIpc) is 2.63. The largest absolute Gasteiger partial charge is 0.493 e. The monoisotopic (exact) mass is 396 g/mol. The van der Waals surface area contributed by atoms with Crippen LogP contribution >= 0.6 is 23.2 Å². The molecule has 6 nitrogen and oxygen atoms in total. The van der Waals surface area contributed by atoms with Gasteiger partial charge in [-0.25, -0.2) is 0 Å². The number of hydrogen-bond donors (Lipinski definition) is 2. The van der Waals surface area contributed by atoms with Crippen molar-refractivity contribution in [2.45, 2.75) is 0 Å². The Labute approximate surface area is 161 Å². The topological polar surface area (TPSA) is 76.7 Å². The van der Waals surface area contributed by atoms with E-state index in [1.54, 1.807) is 36.4 Å². The molecule has 0 atom stereocenters. The van der Waals surface area contributed by atoms with E-state index in [-0.39, 0.29) is 36.5 Å². The molecule has 0 unspecified atom stereocenters. The molecule has 2 aromatic rings. The molecule has 138 valence electrons. The summed E-state index contributed by atoms with van der Waals surface area (Å²) in [5.74, 6) is 0.379. The summed E-state index contributed by atoms with van der Waals surface area (Å²) < 4.78 is 10.5. The van der Waals surface area contributed by atoms with Crippen LogP contribution < -0.4 is 20.1 Å². The molecule has 0 spiro atoms. The number of benzene rings is 2. The van der Waals surface area contributed by atoms with Gasteiger partial charge in [0.1, 0.15) is 0 Å². The van der Waals surface area contributed by atoms with E-state index in [0.29, 0.717) is 22.1 Å². The Morgan fingerprint density at radius 3 is 2.38 bits per heavy atom. The molecule has 0 saturated carbocycles. The van der Waals surface area contributed by atoms with Gasteiger partial charge in [0.05, 0.1) is 17.7 Å². The molecule has 0 aromatic heterocycles. The lowest BCUT2D eigenvalue weighted by Gasteiger charge is -2.11. The zero-order valence-corrected chi connectivity index (χ0v) is 15.6. The third kappa shape index (κ3) is 5.82. The van der Waals surface area contributed by atoms with Gasteiger partial charge in [-0.15, -0.1) is 0 Å². The normalized spacial score (nSPS) is 10.1. The van der Waals surface area contributed by atoms with Gasteiger partial charge in [-0.05, 0) is 30.3 Å². The van der Waals surface area contributed by atoms with E-state index < -0.39 is 0 Å². The maximum absolute atomic E-state index is 12.0. The first kappa shape index (κ1) is 19.9. The lowest BCUT2D eigenvalue weighted by molar-refractivity contribution is -0.123. The number of para-hydroxylation sites is 2. The second-order valence-corrected chi connectivity index (χ2v) is 6.01. The van der Waals surface area contributed by atoms with Crippen molar-refractivity contribution in [1.82, 2.24) is 10.6 Å². The molecule has 2 rings (SSSR count). The predicted octanol–water partition coefficient (Wildman–Crippen LogP) is 2.93. The molecule has 0 saturated heterocycles. The van der Waals surface area contributed by atoms with Gasteiger partial charge in [0.15, 0.2) is 18.1 Å². The first-order valence-corrected chi connectivity index (χ1v) is 8.52. The highest BCUT2D eigenvalue weighted by atomic mass is 35.5.